The number of anilines is 1. The molecule has 2 aromatic carbocycles. The molecule has 0 bridgehead atoms. The molecule has 0 radical (unpaired) electrons. The molecular formula is C22H27N3O6S. The van der Waals surface area contributed by atoms with Gasteiger partial charge in [0.1, 0.15) is 17.2 Å². The molecule has 2 heterocycles. The highest BCUT2D eigenvalue weighted by atomic mass is 32.2. The first-order chi connectivity index (χ1) is 15.4. The average Bonchev–Trinajstić information content (AvgIpc) is 3.50. The van der Waals surface area contributed by atoms with E-state index in [-0.39, 0.29) is 16.6 Å². The van der Waals surface area contributed by atoms with E-state index in [0.29, 0.717) is 36.8 Å². The van der Waals surface area contributed by atoms with Crippen molar-refractivity contribution < 1.29 is 22.8 Å². The summed E-state index contributed by atoms with van der Waals surface area (Å²) >= 11 is 0. The molecule has 2 aliphatic heterocycles. The third-order valence-electron chi connectivity index (χ3n) is 6.20. The Labute approximate surface area is 187 Å². The number of nitrogens with zero attached hydrogens (tertiary/aromatic N) is 3. The summed E-state index contributed by atoms with van der Waals surface area (Å²) in [4.78, 5) is 13.4. The number of rotatable bonds is 7. The van der Waals surface area contributed by atoms with Gasteiger partial charge in [-0.05, 0) is 56.0 Å². The molecular weight excluding hydrogens is 434 g/mol. The van der Waals surface area contributed by atoms with Gasteiger partial charge in [-0.25, -0.2) is 8.42 Å². The summed E-state index contributed by atoms with van der Waals surface area (Å²) in [6, 6.07) is 9.61. The van der Waals surface area contributed by atoms with Gasteiger partial charge in [-0.15, -0.1) is 0 Å². The van der Waals surface area contributed by atoms with E-state index in [2.05, 4.69) is 0 Å². The minimum absolute atomic E-state index is 0.0374. The molecule has 2 aromatic rings. The normalized spacial score (nSPS) is 19.3. The Morgan fingerprint density at radius 1 is 1.00 bits per heavy atom. The van der Waals surface area contributed by atoms with Gasteiger partial charge in [0.05, 0.1) is 30.1 Å². The first kappa shape index (κ1) is 22.3. The molecule has 0 aromatic heterocycles. The van der Waals surface area contributed by atoms with Crippen molar-refractivity contribution in [2.75, 3.05) is 38.8 Å². The highest BCUT2D eigenvalue weighted by Crippen LogP contribution is 2.44. The first-order valence-electron chi connectivity index (χ1n) is 10.6. The van der Waals surface area contributed by atoms with Gasteiger partial charge in [0, 0.05) is 31.3 Å². The monoisotopic (exact) mass is 461 g/mol. The average molecular weight is 462 g/mol. The molecule has 0 saturated carbocycles. The molecule has 1 atom stereocenters. The van der Waals surface area contributed by atoms with Crippen molar-refractivity contribution >= 4 is 21.4 Å². The van der Waals surface area contributed by atoms with Gasteiger partial charge >= 0.3 is 0 Å². The van der Waals surface area contributed by atoms with E-state index in [1.54, 1.807) is 20.3 Å². The van der Waals surface area contributed by atoms with Crippen LogP contribution in [-0.4, -0.2) is 51.5 Å². The van der Waals surface area contributed by atoms with Gasteiger partial charge < -0.3 is 14.4 Å². The lowest BCUT2D eigenvalue weighted by molar-refractivity contribution is -0.384. The predicted molar refractivity (Wildman–Crippen MR) is 120 cm³/mol. The van der Waals surface area contributed by atoms with E-state index in [4.69, 9.17) is 9.47 Å². The molecule has 0 aliphatic carbocycles. The second kappa shape index (κ2) is 8.95. The molecule has 9 nitrogen and oxygen atoms in total. The Morgan fingerprint density at radius 2 is 1.75 bits per heavy atom. The number of nitro groups is 1. The summed E-state index contributed by atoms with van der Waals surface area (Å²) in [5, 5.41) is 12.0. The van der Waals surface area contributed by atoms with E-state index in [0.717, 1.165) is 31.2 Å². The summed E-state index contributed by atoms with van der Waals surface area (Å²) in [5.41, 5.74) is 1.08. The van der Waals surface area contributed by atoms with Gasteiger partial charge in [-0.3, -0.25) is 10.1 Å². The largest absolute Gasteiger partial charge is 0.497 e. The molecule has 4 rings (SSSR count). The van der Waals surface area contributed by atoms with Crippen LogP contribution in [0.1, 0.15) is 37.3 Å². The fourth-order valence-electron chi connectivity index (χ4n) is 4.61. The van der Waals surface area contributed by atoms with Crippen LogP contribution in [-0.2, 0) is 10.0 Å². The van der Waals surface area contributed by atoms with E-state index >= 15 is 0 Å². The van der Waals surface area contributed by atoms with Crippen molar-refractivity contribution in [3.05, 3.63) is 52.1 Å². The topological polar surface area (TPSA) is 102 Å². The Morgan fingerprint density at radius 3 is 2.41 bits per heavy atom. The van der Waals surface area contributed by atoms with Crippen molar-refractivity contribution in [3.8, 4) is 11.5 Å². The molecule has 10 heteroatoms. The van der Waals surface area contributed by atoms with Crippen molar-refractivity contribution in [3.63, 3.8) is 0 Å². The Kier molecular flexibility index (Phi) is 6.25. The number of methoxy groups -OCH3 is 2. The molecule has 0 unspecified atom stereocenters. The van der Waals surface area contributed by atoms with Gasteiger partial charge in [0.15, 0.2) is 0 Å². The molecule has 2 saturated heterocycles. The fraction of sp³-hybridized carbons (Fsp3) is 0.455. The van der Waals surface area contributed by atoms with Gasteiger partial charge in [-0.1, -0.05) is 0 Å². The van der Waals surface area contributed by atoms with Crippen LogP contribution in [0, 0.1) is 10.1 Å². The molecule has 2 aliphatic rings. The van der Waals surface area contributed by atoms with Crippen LogP contribution < -0.4 is 14.4 Å². The Hall–Kier alpha value is -2.85. The number of hydrogen-bond acceptors (Lipinski definition) is 7. The smallest absolute Gasteiger partial charge is 0.293 e. The summed E-state index contributed by atoms with van der Waals surface area (Å²) in [5.74, 6) is 1.35. The third-order valence-corrected chi connectivity index (χ3v) is 8.10. The fourth-order valence-corrected chi connectivity index (χ4v) is 6.15. The number of hydrogen-bond donors (Lipinski definition) is 0. The highest BCUT2D eigenvalue weighted by molar-refractivity contribution is 7.89. The summed E-state index contributed by atoms with van der Waals surface area (Å²) < 4.78 is 38.2. The summed E-state index contributed by atoms with van der Waals surface area (Å²) in [6.07, 6.45) is 3.24. The lowest BCUT2D eigenvalue weighted by Gasteiger charge is -2.28. The van der Waals surface area contributed by atoms with Crippen molar-refractivity contribution in [2.45, 2.75) is 36.6 Å². The molecule has 0 N–H and O–H groups in total. The number of sulfonamides is 1. The molecule has 0 spiro atoms. The van der Waals surface area contributed by atoms with Crippen LogP contribution in [0.25, 0.3) is 0 Å². The van der Waals surface area contributed by atoms with Crippen molar-refractivity contribution in [1.82, 2.24) is 4.31 Å². The van der Waals surface area contributed by atoms with E-state index in [1.807, 2.05) is 23.1 Å². The zero-order chi connectivity index (χ0) is 22.9. The second-order valence-electron chi connectivity index (χ2n) is 7.98. The molecule has 172 valence electrons. The van der Waals surface area contributed by atoms with Crippen molar-refractivity contribution in [2.24, 2.45) is 0 Å². The third kappa shape index (κ3) is 4.00. The van der Waals surface area contributed by atoms with Gasteiger partial charge in [0.25, 0.3) is 5.69 Å². The van der Waals surface area contributed by atoms with Crippen LogP contribution in [0.5, 0.6) is 11.5 Å². The quantitative estimate of drug-likeness (QED) is 0.457. The van der Waals surface area contributed by atoms with Crippen molar-refractivity contribution in [1.29, 1.82) is 0 Å². The van der Waals surface area contributed by atoms with Gasteiger partial charge in [0.2, 0.25) is 10.0 Å². The molecule has 32 heavy (non-hydrogen) atoms. The maximum absolute atomic E-state index is 12.9. The lowest BCUT2D eigenvalue weighted by atomic mass is 10.0. The van der Waals surface area contributed by atoms with Crippen LogP contribution in [0.4, 0.5) is 11.4 Å². The maximum Gasteiger partial charge on any atom is 0.293 e. The zero-order valence-corrected chi connectivity index (χ0v) is 19.0. The van der Waals surface area contributed by atoms with Gasteiger partial charge in [-0.2, -0.15) is 4.31 Å². The first-order valence-corrected chi connectivity index (χ1v) is 12.1. The predicted octanol–water partition coefficient (Wildman–Crippen LogP) is 3.74. The summed E-state index contributed by atoms with van der Waals surface area (Å²) in [6.45, 7) is 1.51. The standard InChI is InChI=1S/C22H27N3O6S/c1-30-16-7-10-22(31-2)18(14-16)19-6-5-13-24(19)20-9-8-17(15-21(20)25(26)27)32(28,29)23-11-3-4-12-23/h7-10,14-15,19H,3-6,11-13H2,1-2H3/t19-/m0/s1. The molecule has 0 amide bonds. The maximum atomic E-state index is 12.9. The van der Waals surface area contributed by atoms with Crippen LogP contribution in [0.2, 0.25) is 0 Å². The van der Waals surface area contributed by atoms with Crippen LogP contribution in [0.15, 0.2) is 41.3 Å². The second-order valence-corrected chi connectivity index (χ2v) is 9.92. The highest BCUT2D eigenvalue weighted by Gasteiger charge is 2.35. The zero-order valence-electron chi connectivity index (χ0n) is 18.2. The molecule has 2 fully saturated rings. The number of benzene rings is 2. The van der Waals surface area contributed by atoms with Crippen LogP contribution >= 0.6 is 0 Å². The van der Waals surface area contributed by atoms with E-state index in [1.165, 1.54) is 16.4 Å². The Balaban J connectivity index is 1.75. The van der Waals surface area contributed by atoms with E-state index < -0.39 is 14.9 Å². The number of ether oxygens (including phenoxy) is 2. The Bertz CT molecular complexity index is 1110. The summed E-state index contributed by atoms with van der Waals surface area (Å²) in [7, 11) is -0.572. The number of nitro benzene ring substituents is 1. The van der Waals surface area contributed by atoms with Crippen LogP contribution in [0.3, 0.4) is 0 Å². The SMILES string of the molecule is COc1ccc(OC)c([C@@H]2CCCN2c2ccc(S(=O)(=O)N3CCCC3)cc2[N+](=O)[O-])c1. The minimum atomic E-state index is -3.75. The minimum Gasteiger partial charge on any atom is -0.497 e. The lowest BCUT2D eigenvalue weighted by Crippen LogP contribution is -2.28. The van der Waals surface area contributed by atoms with E-state index in [9.17, 15) is 18.5 Å².